The van der Waals surface area contributed by atoms with Crippen molar-refractivity contribution in [2.75, 3.05) is 126 Å². The first-order valence-electron chi connectivity index (χ1n) is 13.3. The fourth-order valence-electron chi connectivity index (χ4n) is 3.38. The van der Waals surface area contributed by atoms with Gasteiger partial charge in [-0.05, 0) is 12.1 Å². The van der Waals surface area contributed by atoms with Gasteiger partial charge in [-0.1, -0.05) is 12.1 Å². The summed E-state index contributed by atoms with van der Waals surface area (Å²) >= 11 is 0. The van der Waals surface area contributed by atoms with E-state index in [1.807, 2.05) is 0 Å². The van der Waals surface area contributed by atoms with Crippen LogP contribution in [0.25, 0.3) is 0 Å². The van der Waals surface area contributed by atoms with Gasteiger partial charge in [-0.15, -0.1) is 0 Å². The molecular formula is C27H43NO11. The maximum atomic E-state index is 12.3. The zero-order valence-corrected chi connectivity index (χ0v) is 23.0. The van der Waals surface area contributed by atoms with Crippen molar-refractivity contribution >= 4 is 11.8 Å². The zero-order chi connectivity index (χ0) is 27.8. The summed E-state index contributed by atoms with van der Waals surface area (Å²) in [5, 5.41) is 0. The van der Waals surface area contributed by atoms with E-state index in [0.29, 0.717) is 117 Å². The van der Waals surface area contributed by atoms with Gasteiger partial charge in [0.25, 0.3) is 11.8 Å². The molecule has 1 aromatic rings. The van der Waals surface area contributed by atoms with Crippen LogP contribution in [0.2, 0.25) is 0 Å². The van der Waals surface area contributed by atoms with Crippen molar-refractivity contribution in [2.45, 2.75) is 0 Å². The molecule has 0 atom stereocenters. The van der Waals surface area contributed by atoms with Crippen LogP contribution < -0.4 is 0 Å². The van der Waals surface area contributed by atoms with E-state index in [1.54, 1.807) is 31.4 Å². The number of hydrogen-bond donors (Lipinski definition) is 0. The van der Waals surface area contributed by atoms with Crippen molar-refractivity contribution in [2.24, 2.45) is 0 Å². The first-order chi connectivity index (χ1) is 19.3. The highest BCUT2D eigenvalue weighted by atomic mass is 16.6. The number of rotatable bonds is 27. The van der Waals surface area contributed by atoms with Gasteiger partial charge in [0, 0.05) is 7.11 Å². The van der Waals surface area contributed by atoms with Crippen LogP contribution in [-0.4, -0.2) is 143 Å². The third kappa shape index (κ3) is 14.8. The number of hydrogen-bond acceptors (Lipinski definition) is 11. The van der Waals surface area contributed by atoms with Crippen molar-refractivity contribution in [3.8, 4) is 0 Å². The predicted molar refractivity (Wildman–Crippen MR) is 140 cm³/mol. The first kappa shape index (κ1) is 33.2. The summed E-state index contributed by atoms with van der Waals surface area (Å²) in [5.41, 5.74) is 0.890. The van der Waals surface area contributed by atoms with Gasteiger partial charge in [-0.25, -0.2) is 0 Å². The van der Waals surface area contributed by atoms with E-state index < -0.39 is 0 Å². The van der Waals surface area contributed by atoms with Crippen LogP contribution in [0.4, 0.5) is 0 Å². The van der Waals surface area contributed by atoms with Gasteiger partial charge < -0.3 is 42.6 Å². The third-order valence-corrected chi connectivity index (χ3v) is 5.37. The van der Waals surface area contributed by atoms with Gasteiger partial charge in [0.2, 0.25) is 0 Å². The highest BCUT2D eigenvalue weighted by Gasteiger charge is 2.34. The SMILES string of the molecule is COCCOCCOCCOCCOCCOCCOCCOCCOCCN1C(=O)c2ccccc2C1=O. The molecule has 0 spiro atoms. The molecule has 0 fully saturated rings. The summed E-state index contributed by atoms with van der Waals surface area (Å²) in [4.78, 5) is 25.7. The molecule has 2 rings (SSSR count). The van der Waals surface area contributed by atoms with Crippen LogP contribution in [0, 0.1) is 0 Å². The molecule has 1 aliphatic rings. The third-order valence-electron chi connectivity index (χ3n) is 5.37. The van der Waals surface area contributed by atoms with E-state index in [-0.39, 0.29) is 25.0 Å². The Balaban J connectivity index is 1.23. The minimum atomic E-state index is -0.275. The standard InChI is InChI=1S/C27H43NO11/c1-31-8-9-33-12-13-35-16-17-37-20-21-39-23-22-38-19-18-36-15-14-34-11-10-32-7-6-28-26(29)24-4-2-3-5-25(24)27(28)30/h2-5H,6-23H2,1H3. The second-order valence-electron chi connectivity index (χ2n) is 8.20. The van der Waals surface area contributed by atoms with Crippen LogP contribution in [0.3, 0.4) is 0 Å². The summed E-state index contributed by atoms with van der Waals surface area (Å²) in [6, 6.07) is 6.82. The predicted octanol–water partition coefficient (Wildman–Crippen LogP) is 1.06. The molecule has 2 amide bonds. The lowest BCUT2D eigenvalue weighted by molar-refractivity contribution is -0.0244. The molecule has 0 N–H and O–H groups in total. The quantitative estimate of drug-likeness (QED) is 0.114. The number of nitrogens with zero attached hydrogens (tertiary/aromatic N) is 1. The topological polar surface area (TPSA) is 120 Å². The summed E-state index contributed by atoms with van der Waals surface area (Å²) in [6.07, 6.45) is 0. The first-order valence-corrected chi connectivity index (χ1v) is 13.3. The van der Waals surface area contributed by atoms with Gasteiger partial charge >= 0.3 is 0 Å². The number of amides is 2. The van der Waals surface area contributed by atoms with Crippen LogP contribution >= 0.6 is 0 Å². The fourth-order valence-corrected chi connectivity index (χ4v) is 3.38. The fraction of sp³-hybridized carbons (Fsp3) is 0.704. The van der Waals surface area contributed by atoms with Crippen LogP contribution in [0.5, 0.6) is 0 Å². The maximum absolute atomic E-state index is 12.3. The molecule has 0 bridgehead atoms. The van der Waals surface area contributed by atoms with Crippen molar-refractivity contribution < 1.29 is 52.2 Å². The second-order valence-corrected chi connectivity index (χ2v) is 8.20. The number of carbonyl (C=O) groups is 2. The lowest BCUT2D eigenvalue weighted by Crippen LogP contribution is -2.33. The van der Waals surface area contributed by atoms with Gasteiger partial charge in [0.1, 0.15) is 0 Å². The van der Waals surface area contributed by atoms with E-state index in [4.69, 9.17) is 42.6 Å². The minimum absolute atomic E-state index is 0.219. The number of fused-ring (bicyclic) bond motifs is 1. The Hall–Kier alpha value is -2.00. The minimum Gasteiger partial charge on any atom is -0.382 e. The Bertz CT molecular complexity index is 745. The van der Waals surface area contributed by atoms with Gasteiger partial charge in [0.05, 0.1) is 130 Å². The monoisotopic (exact) mass is 557 g/mol. The zero-order valence-electron chi connectivity index (χ0n) is 23.0. The summed E-state index contributed by atoms with van der Waals surface area (Å²) in [6.45, 7) is 8.40. The molecule has 0 radical (unpaired) electrons. The van der Waals surface area contributed by atoms with Gasteiger partial charge in [0.15, 0.2) is 0 Å². The molecule has 39 heavy (non-hydrogen) atoms. The van der Waals surface area contributed by atoms with Gasteiger partial charge in [-0.2, -0.15) is 0 Å². The number of methoxy groups -OCH3 is 1. The smallest absolute Gasteiger partial charge is 0.261 e. The molecule has 222 valence electrons. The van der Waals surface area contributed by atoms with E-state index in [1.165, 1.54) is 4.90 Å². The maximum Gasteiger partial charge on any atom is 0.261 e. The van der Waals surface area contributed by atoms with E-state index in [2.05, 4.69) is 0 Å². The number of benzene rings is 1. The van der Waals surface area contributed by atoms with Crippen molar-refractivity contribution in [1.29, 1.82) is 0 Å². The number of ether oxygens (including phenoxy) is 9. The lowest BCUT2D eigenvalue weighted by Gasteiger charge is -2.13. The highest BCUT2D eigenvalue weighted by Crippen LogP contribution is 2.21. The molecule has 12 nitrogen and oxygen atoms in total. The second kappa shape index (κ2) is 22.8. The van der Waals surface area contributed by atoms with Crippen LogP contribution in [0.15, 0.2) is 24.3 Å². The summed E-state index contributed by atoms with van der Waals surface area (Å²) in [7, 11) is 1.64. The molecule has 0 unspecified atom stereocenters. The van der Waals surface area contributed by atoms with Crippen LogP contribution in [-0.2, 0) is 42.6 Å². The Kier molecular flexibility index (Phi) is 19.4. The molecule has 1 heterocycles. The lowest BCUT2D eigenvalue weighted by atomic mass is 10.1. The molecule has 0 aromatic heterocycles. The Morgan fingerprint density at radius 2 is 0.744 bits per heavy atom. The average Bonchev–Trinajstić information content (AvgIpc) is 3.19. The van der Waals surface area contributed by atoms with Gasteiger partial charge in [-0.3, -0.25) is 14.5 Å². The normalized spacial score (nSPS) is 13.0. The van der Waals surface area contributed by atoms with Crippen LogP contribution in [0.1, 0.15) is 20.7 Å². The molecule has 12 heteroatoms. The van der Waals surface area contributed by atoms with E-state index >= 15 is 0 Å². The molecule has 0 aliphatic carbocycles. The number of imide groups is 1. The molecular weight excluding hydrogens is 514 g/mol. The Labute approximate surface area is 230 Å². The van der Waals surface area contributed by atoms with Crippen molar-refractivity contribution in [3.05, 3.63) is 35.4 Å². The molecule has 0 saturated carbocycles. The average molecular weight is 558 g/mol. The molecule has 1 aromatic carbocycles. The summed E-state index contributed by atoms with van der Waals surface area (Å²) in [5.74, 6) is -0.549. The highest BCUT2D eigenvalue weighted by molar-refractivity contribution is 6.21. The Morgan fingerprint density at radius 1 is 0.462 bits per heavy atom. The van der Waals surface area contributed by atoms with Crippen molar-refractivity contribution in [1.82, 2.24) is 4.90 Å². The van der Waals surface area contributed by atoms with E-state index in [0.717, 1.165) is 0 Å². The van der Waals surface area contributed by atoms with E-state index in [9.17, 15) is 9.59 Å². The Morgan fingerprint density at radius 3 is 1.05 bits per heavy atom. The van der Waals surface area contributed by atoms with Crippen molar-refractivity contribution in [3.63, 3.8) is 0 Å². The molecule has 1 aliphatic heterocycles. The largest absolute Gasteiger partial charge is 0.382 e. The number of carbonyl (C=O) groups excluding carboxylic acids is 2. The molecule has 0 saturated heterocycles. The summed E-state index contributed by atoms with van der Waals surface area (Å²) < 4.78 is 48.2.